The fourth-order valence-electron chi connectivity index (χ4n) is 2.25. The molecule has 3 N–H and O–H groups in total. The largest absolute Gasteiger partial charge is 0.329 e. The van der Waals surface area contributed by atoms with Gasteiger partial charge >= 0.3 is 0 Å². The van der Waals surface area contributed by atoms with Crippen LogP contribution in [0.5, 0.6) is 0 Å². The van der Waals surface area contributed by atoms with Gasteiger partial charge in [-0.1, -0.05) is 36.2 Å². The van der Waals surface area contributed by atoms with E-state index in [1.165, 1.54) is 19.3 Å². The van der Waals surface area contributed by atoms with Gasteiger partial charge < -0.3 is 5.73 Å². The summed E-state index contributed by atoms with van der Waals surface area (Å²) in [5.74, 6) is 0. The Morgan fingerprint density at radius 3 is 2.59 bits per heavy atom. The maximum Gasteiger partial charge on any atom is 0.0601 e. The van der Waals surface area contributed by atoms with Crippen molar-refractivity contribution in [2.75, 3.05) is 19.6 Å². The molecule has 1 fully saturated rings. The van der Waals surface area contributed by atoms with Crippen molar-refractivity contribution in [2.24, 2.45) is 5.73 Å². The zero-order valence-electron chi connectivity index (χ0n) is 10.0. The number of hydrogen-bond acceptors (Lipinski definition) is 3. The summed E-state index contributed by atoms with van der Waals surface area (Å²) in [4.78, 5) is 0. The third-order valence-electron chi connectivity index (χ3n) is 3.21. The van der Waals surface area contributed by atoms with Crippen molar-refractivity contribution < 1.29 is 0 Å². The molecule has 1 aliphatic heterocycles. The topological polar surface area (TPSA) is 41.3 Å². The Balaban J connectivity index is 2.03. The fraction of sp³-hybridized carbons (Fsp3) is 0.538. The van der Waals surface area contributed by atoms with Crippen LogP contribution >= 0.6 is 11.6 Å². The smallest absolute Gasteiger partial charge is 0.0601 e. The molecule has 0 saturated carbocycles. The normalized spacial score (nSPS) is 19.2. The quantitative estimate of drug-likeness (QED) is 0.866. The number of hydrogen-bond donors (Lipinski definition) is 2. The van der Waals surface area contributed by atoms with Crippen molar-refractivity contribution in [3.8, 4) is 0 Å². The summed E-state index contributed by atoms with van der Waals surface area (Å²) >= 11 is 6.20. The van der Waals surface area contributed by atoms with Crippen LogP contribution in [0.15, 0.2) is 24.3 Å². The number of hydrazine groups is 1. The van der Waals surface area contributed by atoms with Crippen LogP contribution < -0.4 is 11.2 Å². The minimum absolute atomic E-state index is 0.113. The highest BCUT2D eigenvalue weighted by Gasteiger charge is 2.17. The zero-order valence-corrected chi connectivity index (χ0v) is 10.8. The lowest BCUT2D eigenvalue weighted by molar-refractivity contribution is 0.130. The first-order valence-corrected chi connectivity index (χ1v) is 6.64. The summed E-state index contributed by atoms with van der Waals surface area (Å²) in [6.45, 7) is 2.75. The van der Waals surface area contributed by atoms with Crippen LogP contribution in [0.4, 0.5) is 0 Å². The molecule has 94 valence electrons. The highest BCUT2D eigenvalue weighted by molar-refractivity contribution is 6.31. The number of halogens is 1. The zero-order chi connectivity index (χ0) is 12.1. The molecule has 0 aliphatic carbocycles. The van der Waals surface area contributed by atoms with Gasteiger partial charge in [-0.15, -0.1) is 0 Å². The van der Waals surface area contributed by atoms with E-state index in [9.17, 15) is 0 Å². The molecule has 1 unspecified atom stereocenters. The Morgan fingerprint density at radius 2 is 1.94 bits per heavy atom. The Kier molecular flexibility index (Phi) is 4.80. The van der Waals surface area contributed by atoms with Crippen LogP contribution in [-0.4, -0.2) is 24.6 Å². The summed E-state index contributed by atoms with van der Waals surface area (Å²) in [5.41, 5.74) is 10.4. The van der Waals surface area contributed by atoms with E-state index in [2.05, 4.69) is 10.4 Å². The number of rotatable bonds is 4. The molecule has 3 nitrogen and oxygen atoms in total. The molecule has 1 atom stereocenters. The molecule has 1 saturated heterocycles. The van der Waals surface area contributed by atoms with Crippen molar-refractivity contribution in [1.29, 1.82) is 0 Å². The van der Waals surface area contributed by atoms with Crippen LogP contribution in [0, 0.1) is 0 Å². The minimum atomic E-state index is 0.113. The second-order valence-corrected chi connectivity index (χ2v) is 4.89. The molecule has 0 aromatic heterocycles. The van der Waals surface area contributed by atoms with E-state index in [1.54, 1.807) is 0 Å². The predicted octanol–water partition coefficient (Wildman–Crippen LogP) is 2.33. The maximum absolute atomic E-state index is 6.20. The van der Waals surface area contributed by atoms with E-state index in [0.29, 0.717) is 6.54 Å². The lowest BCUT2D eigenvalue weighted by Crippen LogP contribution is -2.45. The van der Waals surface area contributed by atoms with Crippen LogP contribution in [-0.2, 0) is 0 Å². The molecule has 17 heavy (non-hydrogen) atoms. The monoisotopic (exact) mass is 253 g/mol. The number of nitrogens with two attached hydrogens (primary N) is 1. The van der Waals surface area contributed by atoms with Crippen molar-refractivity contribution >= 4 is 11.6 Å². The second-order valence-electron chi connectivity index (χ2n) is 4.49. The van der Waals surface area contributed by atoms with E-state index in [-0.39, 0.29) is 6.04 Å². The SMILES string of the molecule is NCC(NN1CCCCC1)c1ccccc1Cl. The average Bonchev–Trinajstić information content (AvgIpc) is 2.38. The second kappa shape index (κ2) is 6.36. The van der Waals surface area contributed by atoms with Gasteiger partial charge in [0.05, 0.1) is 6.04 Å². The molecule has 0 amide bonds. The molecule has 0 bridgehead atoms. The molecule has 1 aromatic rings. The summed E-state index contributed by atoms with van der Waals surface area (Å²) in [7, 11) is 0. The molecule has 2 rings (SSSR count). The van der Waals surface area contributed by atoms with Gasteiger partial charge in [0.1, 0.15) is 0 Å². The van der Waals surface area contributed by atoms with E-state index in [4.69, 9.17) is 17.3 Å². The first kappa shape index (κ1) is 12.8. The number of benzene rings is 1. The van der Waals surface area contributed by atoms with E-state index in [0.717, 1.165) is 23.7 Å². The maximum atomic E-state index is 6.20. The molecule has 1 heterocycles. The molecular weight excluding hydrogens is 234 g/mol. The standard InChI is InChI=1S/C13H20ClN3/c14-12-7-3-2-6-11(12)13(10-15)16-17-8-4-1-5-9-17/h2-3,6-7,13,16H,1,4-5,8-10,15H2. The molecule has 0 spiro atoms. The summed E-state index contributed by atoms with van der Waals surface area (Å²) < 4.78 is 0. The number of nitrogens with one attached hydrogen (secondary N) is 1. The van der Waals surface area contributed by atoms with Gasteiger partial charge in [-0.3, -0.25) is 0 Å². The van der Waals surface area contributed by atoms with Crippen molar-refractivity contribution in [2.45, 2.75) is 25.3 Å². The molecule has 0 radical (unpaired) electrons. The van der Waals surface area contributed by atoms with Crippen LogP contribution in [0.3, 0.4) is 0 Å². The molecule has 1 aliphatic rings. The van der Waals surface area contributed by atoms with Crippen LogP contribution in [0.1, 0.15) is 30.9 Å². The Hall–Kier alpha value is -0.610. The van der Waals surface area contributed by atoms with Crippen molar-refractivity contribution in [1.82, 2.24) is 10.4 Å². The van der Waals surface area contributed by atoms with E-state index in [1.807, 2.05) is 24.3 Å². The number of nitrogens with zero attached hydrogens (tertiary/aromatic N) is 1. The Labute approximate surface area is 108 Å². The average molecular weight is 254 g/mol. The van der Waals surface area contributed by atoms with Crippen LogP contribution in [0.25, 0.3) is 0 Å². The summed E-state index contributed by atoms with van der Waals surface area (Å²) in [5, 5.41) is 3.05. The van der Waals surface area contributed by atoms with Gasteiger partial charge in [0.2, 0.25) is 0 Å². The van der Waals surface area contributed by atoms with Gasteiger partial charge in [-0.25, -0.2) is 10.4 Å². The van der Waals surface area contributed by atoms with Gasteiger partial charge in [0.15, 0.2) is 0 Å². The van der Waals surface area contributed by atoms with E-state index < -0.39 is 0 Å². The summed E-state index contributed by atoms with van der Waals surface area (Å²) in [6.07, 6.45) is 3.84. The summed E-state index contributed by atoms with van der Waals surface area (Å²) in [6, 6.07) is 8.01. The number of piperidine rings is 1. The highest BCUT2D eigenvalue weighted by Crippen LogP contribution is 2.22. The van der Waals surface area contributed by atoms with Gasteiger partial charge in [-0.05, 0) is 24.5 Å². The molecule has 1 aromatic carbocycles. The molecular formula is C13H20ClN3. The first-order valence-electron chi connectivity index (χ1n) is 6.27. The third-order valence-corrected chi connectivity index (χ3v) is 3.56. The first-order chi connectivity index (χ1) is 8.31. The van der Waals surface area contributed by atoms with Gasteiger partial charge in [-0.2, -0.15) is 0 Å². The van der Waals surface area contributed by atoms with Crippen molar-refractivity contribution in [3.63, 3.8) is 0 Å². The Bertz CT molecular complexity index is 350. The molecule has 4 heteroatoms. The third kappa shape index (κ3) is 3.42. The highest BCUT2D eigenvalue weighted by atomic mass is 35.5. The Morgan fingerprint density at radius 1 is 1.24 bits per heavy atom. The van der Waals surface area contributed by atoms with Crippen LogP contribution in [0.2, 0.25) is 5.02 Å². The van der Waals surface area contributed by atoms with Gasteiger partial charge in [0, 0.05) is 24.7 Å². The lowest BCUT2D eigenvalue weighted by atomic mass is 10.1. The minimum Gasteiger partial charge on any atom is -0.329 e. The lowest BCUT2D eigenvalue weighted by Gasteiger charge is -2.31. The predicted molar refractivity (Wildman–Crippen MR) is 71.8 cm³/mol. The fourth-order valence-corrected chi connectivity index (χ4v) is 2.52. The van der Waals surface area contributed by atoms with Crippen molar-refractivity contribution in [3.05, 3.63) is 34.9 Å². The van der Waals surface area contributed by atoms with E-state index >= 15 is 0 Å². The van der Waals surface area contributed by atoms with Gasteiger partial charge in [0.25, 0.3) is 0 Å².